The molecule has 4 heteroatoms. The molecule has 0 aliphatic carbocycles. The van der Waals surface area contributed by atoms with Gasteiger partial charge in [0.05, 0.1) is 5.52 Å². The monoisotopic (exact) mass is 241 g/mol. The van der Waals surface area contributed by atoms with Crippen molar-refractivity contribution in [1.29, 1.82) is 0 Å². The number of aromatic nitrogens is 1. The second-order valence-corrected chi connectivity index (χ2v) is 3.50. The van der Waals surface area contributed by atoms with Crippen molar-refractivity contribution in [1.82, 2.24) is 4.98 Å². The molecule has 2 aromatic rings. The number of hydrogen-bond acceptors (Lipinski definition) is 1. The van der Waals surface area contributed by atoms with E-state index in [0.717, 1.165) is 0 Å². The molecule has 0 aliphatic heterocycles. The number of rotatable bonds is 1. The topological polar surface area (TPSA) is 32.9 Å². The second-order valence-electron chi connectivity index (χ2n) is 2.64. The highest BCUT2D eigenvalue weighted by Crippen LogP contribution is 2.27. The molecule has 1 N–H and O–H groups in total. The number of H-pyrrole nitrogens is 1. The van der Waals surface area contributed by atoms with Gasteiger partial charge in [-0.25, -0.2) is 4.39 Å². The highest BCUT2D eigenvalue weighted by atomic mass is 79.9. The Balaban J connectivity index is 2.95. The first-order valence-corrected chi connectivity index (χ1v) is 4.43. The van der Waals surface area contributed by atoms with Gasteiger partial charge in [0.15, 0.2) is 6.29 Å². The molecule has 0 aliphatic rings. The van der Waals surface area contributed by atoms with Crippen molar-refractivity contribution in [2.75, 3.05) is 0 Å². The highest BCUT2D eigenvalue weighted by Gasteiger charge is 2.09. The molecule has 1 aromatic carbocycles. The quantitative estimate of drug-likeness (QED) is 0.766. The zero-order chi connectivity index (χ0) is 9.42. The lowest BCUT2D eigenvalue weighted by atomic mass is 10.2. The van der Waals surface area contributed by atoms with E-state index in [-0.39, 0.29) is 5.82 Å². The smallest absolute Gasteiger partial charge is 0.152 e. The standard InChI is InChI=1S/C9H5BrFNO/c10-6-1-2-7(11)9-8(6)5(4-13)3-12-9/h1-4,12H. The maximum absolute atomic E-state index is 13.1. The van der Waals surface area contributed by atoms with Crippen LogP contribution in [0.25, 0.3) is 10.9 Å². The summed E-state index contributed by atoms with van der Waals surface area (Å²) in [6.45, 7) is 0. The number of nitrogens with one attached hydrogen (secondary N) is 1. The van der Waals surface area contributed by atoms with Gasteiger partial charge >= 0.3 is 0 Å². The molecule has 0 bridgehead atoms. The first-order valence-electron chi connectivity index (χ1n) is 3.64. The number of halogens is 2. The van der Waals surface area contributed by atoms with E-state index in [4.69, 9.17) is 0 Å². The van der Waals surface area contributed by atoms with Crippen molar-refractivity contribution in [2.45, 2.75) is 0 Å². The van der Waals surface area contributed by atoms with Gasteiger partial charge in [-0.3, -0.25) is 4.79 Å². The Morgan fingerprint density at radius 3 is 2.92 bits per heavy atom. The molecule has 1 heterocycles. The van der Waals surface area contributed by atoms with E-state index in [0.29, 0.717) is 27.2 Å². The number of aromatic amines is 1. The normalized spacial score (nSPS) is 10.6. The van der Waals surface area contributed by atoms with Crippen LogP contribution in [0.1, 0.15) is 10.4 Å². The van der Waals surface area contributed by atoms with Crippen LogP contribution in [-0.2, 0) is 0 Å². The molecule has 13 heavy (non-hydrogen) atoms. The third-order valence-corrected chi connectivity index (χ3v) is 2.55. The van der Waals surface area contributed by atoms with Gasteiger partial charge in [-0.2, -0.15) is 0 Å². The molecule has 0 unspecified atom stereocenters. The lowest BCUT2D eigenvalue weighted by molar-refractivity contribution is 0.112. The Labute approximate surface area is 81.9 Å². The van der Waals surface area contributed by atoms with Gasteiger partial charge in [0, 0.05) is 21.6 Å². The van der Waals surface area contributed by atoms with Gasteiger partial charge in [0.2, 0.25) is 0 Å². The number of aldehydes is 1. The maximum Gasteiger partial charge on any atom is 0.152 e. The fraction of sp³-hybridized carbons (Fsp3) is 0. The predicted molar refractivity (Wildman–Crippen MR) is 51.3 cm³/mol. The minimum Gasteiger partial charge on any atom is -0.358 e. The fourth-order valence-corrected chi connectivity index (χ4v) is 1.85. The number of carbonyl (C=O) groups excluding carboxylic acids is 1. The lowest BCUT2D eigenvalue weighted by Crippen LogP contribution is -1.80. The zero-order valence-electron chi connectivity index (χ0n) is 6.47. The van der Waals surface area contributed by atoms with Crippen LogP contribution in [0.3, 0.4) is 0 Å². The molecule has 66 valence electrons. The average Bonchev–Trinajstić information content (AvgIpc) is 2.56. The van der Waals surface area contributed by atoms with Crippen LogP contribution in [0, 0.1) is 5.82 Å². The average molecular weight is 242 g/mol. The largest absolute Gasteiger partial charge is 0.358 e. The Morgan fingerprint density at radius 1 is 1.46 bits per heavy atom. The van der Waals surface area contributed by atoms with Gasteiger partial charge in [-0.15, -0.1) is 0 Å². The molecule has 0 atom stereocenters. The summed E-state index contributed by atoms with van der Waals surface area (Å²) in [6, 6.07) is 2.93. The molecule has 0 amide bonds. The Kier molecular flexibility index (Phi) is 1.92. The summed E-state index contributed by atoms with van der Waals surface area (Å²) in [5, 5.41) is 0.593. The van der Waals surface area contributed by atoms with E-state index in [9.17, 15) is 9.18 Å². The van der Waals surface area contributed by atoms with E-state index >= 15 is 0 Å². The Bertz CT molecular complexity index is 478. The van der Waals surface area contributed by atoms with Gasteiger partial charge in [0.25, 0.3) is 0 Å². The van der Waals surface area contributed by atoms with Crippen LogP contribution < -0.4 is 0 Å². The molecule has 0 saturated heterocycles. The highest BCUT2D eigenvalue weighted by molar-refractivity contribution is 9.10. The van der Waals surface area contributed by atoms with Crippen LogP contribution in [0.4, 0.5) is 4.39 Å². The minimum absolute atomic E-state index is 0.355. The summed E-state index contributed by atoms with van der Waals surface area (Å²) in [5.74, 6) is -0.355. The summed E-state index contributed by atoms with van der Waals surface area (Å²) in [6.07, 6.45) is 2.19. The van der Waals surface area contributed by atoms with E-state index < -0.39 is 0 Å². The van der Waals surface area contributed by atoms with Crippen molar-refractivity contribution < 1.29 is 9.18 Å². The van der Waals surface area contributed by atoms with Crippen LogP contribution in [0.5, 0.6) is 0 Å². The first-order chi connectivity index (χ1) is 6.24. The van der Waals surface area contributed by atoms with Crippen LogP contribution in [0.15, 0.2) is 22.8 Å². The van der Waals surface area contributed by atoms with Gasteiger partial charge in [-0.1, -0.05) is 15.9 Å². The summed E-state index contributed by atoms with van der Waals surface area (Å²) in [4.78, 5) is 13.3. The van der Waals surface area contributed by atoms with Crippen molar-refractivity contribution in [2.24, 2.45) is 0 Å². The van der Waals surface area contributed by atoms with Crippen molar-refractivity contribution in [3.63, 3.8) is 0 Å². The number of benzene rings is 1. The fourth-order valence-electron chi connectivity index (χ4n) is 1.29. The summed E-state index contributed by atoms with van der Waals surface area (Å²) in [5.41, 5.74) is 0.817. The third kappa shape index (κ3) is 1.18. The minimum atomic E-state index is -0.355. The van der Waals surface area contributed by atoms with Crippen LogP contribution in [0.2, 0.25) is 0 Å². The number of hydrogen-bond donors (Lipinski definition) is 1. The van der Waals surface area contributed by atoms with Gasteiger partial charge in [-0.05, 0) is 12.1 Å². The van der Waals surface area contributed by atoms with E-state index in [1.807, 2.05) is 0 Å². The first kappa shape index (κ1) is 8.44. The summed E-state index contributed by atoms with van der Waals surface area (Å²) in [7, 11) is 0. The third-order valence-electron chi connectivity index (χ3n) is 1.89. The van der Waals surface area contributed by atoms with E-state index in [1.54, 1.807) is 6.07 Å². The molecular weight excluding hydrogens is 237 g/mol. The molecule has 2 rings (SSSR count). The summed E-state index contributed by atoms with van der Waals surface area (Å²) < 4.78 is 13.9. The molecule has 0 spiro atoms. The Hall–Kier alpha value is -1.16. The zero-order valence-corrected chi connectivity index (χ0v) is 8.06. The number of fused-ring (bicyclic) bond motifs is 1. The molecule has 0 saturated carbocycles. The maximum atomic E-state index is 13.1. The molecule has 1 aromatic heterocycles. The molecule has 0 radical (unpaired) electrons. The van der Waals surface area contributed by atoms with Gasteiger partial charge in [0.1, 0.15) is 5.82 Å². The SMILES string of the molecule is O=Cc1c[nH]c2c(F)ccc(Br)c12. The van der Waals surface area contributed by atoms with Crippen molar-refractivity contribution in [3.05, 3.63) is 34.2 Å². The van der Waals surface area contributed by atoms with Gasteiger partial charge < -0.3 is 4.98 Å². The number of carbonyl (C=O) groups is 1. The summed E-state index contributed by atoms with van der Waals surface area (Å²) >= 11 is 3.26. The molecular formula is C9H5BrFNO. The van der Waals surface area contributed by atoms with Crippen LogP contribution in [-0.4, -0.2) is 11.3 Å². The van der Waals surface area contributed by atoms with Crippen molar-refractivity contribution in [3.8, 4) is 0 Å². The van der Waals surface area contributed by atoms with E-state index in [2.05, 4.69) is 20.9 Å². The van der Waals surface area contributed by atoms with Crippen molar-refractivity contribution >= 4 is 33.1 Å². The van der Waals surface area contributed by atoms with Crippen LogP contribution >= 0.6 is 15.9 Å². The molecule has 0 fully saturated rings. The molecule has 2 nitrogen and oxygen atoms in total. The lowest BCUT2D eigenvalue weighted by Gasteiger charge is -1.95. The second kappa shape index (κ2) is 2.96. The van der Waals surface area contributed by atoms with E-state index in [1.165, 1.54) is 12.3 Å². The Morgan fingerprint density at radius 2 is 2.23 bits per heavy atom. The predicted octanol–water partition coefficient (Wildman–Crippen LogP) is 2.88.